The lowest BCUT2D eigenvalue weighted by atomic mass is 9.93. The Bertz CT molecular complexity index is 1020. The minimum Gasteiger partial charge on any atom is -0.460 e. The molecule has 0 atom stereocenters. The molecule has 0 saturated heterocycles. The highest BCUT2D eigenvalue weighted by atomic mass is 16.4. The van der Waals surface area contributed by atoms with Crippen LogP contribution in [0.1, 0.15) is 11.3 Å². The van der Waals surface area contributed by atoms with Crippen LogP contribution in [-0.4, -0.2) is 0 Å². The molecule has 0 spiro atoms. The number of fused-ring (bicyclic) bond motifs is 6. The van der Waals surface area contributed by atoms with E-state index in [9.17, 15) is 0 Å². The Balaban J connectivity index is 2.02. The lowest BCUT2D eigenvalue weighted by molar-refractivity contribution is 0.562. The fraction of sp³-hybridized carbons (Fsp3) is 0.0556. The number of furan rings is 1. The Morgan fingerprint density at radius 2 is 1.80 bits per heavy atom. The zero-order valence-electron chi connectivity index (χ0n) is 10.7. The van der Waals surface area contributed by atoms with Crippen molar-refractivity contribution in [2.75, 3.05) is 0 Å². The van der Waals surface area contributed by atoms with E-state index in [0.717, 1.165) is 34.2 Å². The standard InChI is InChI=1S/C18H11O2/c1-3-7-13-11(5-1)17-15(19-13)9-10-16-18(17)12-6-2-4-8-14(12)20-16/h1-9H,10H2/q+1. The van der Waals surface area contributed by atoms with E-state index >= 15 is 0 Å². The van der Waals surface area contributed by atoms with Crippen molar-refractivity contribution in [3.63, 3.8) is 0 Å². The maximum atomic E-state index is 5.99. The van der Waals surface area contributed by atoms with Gasteiger partial charge in [-0.1, -0.05) is 30.3 Å². The van der Waals surface area contributed by atoms with Gasteiger partial charge in [0.1, 0.15) is 16.9 Å². The molecule has 1 aromatic heterocycles. The van der Waals surface area contributed by atoms with E-state index in [1.54, 1.807) is 0 Å². The lowest BCUT2D eigenvalue weighted by Crippen LogP contribution is -2.22. The van der Waals surface area contributed by atoms with Crippen LogP contribution >= 0.6 is 0 Å². The highest BCUT2D eigenvalue weighted by molar-refractivity contribution is 5.98. The number of hydrogen-bond donors (Lipinski definition) is 0. The van der Waals surface area contributed by atoms with Crippen LogP contribution < -0.4 is 10.6 Å². The third kappa shape index (κ3) is 1.16. The maximum Gasteiger partial charge on any atom is 0.361 e. The van der Waals surface area contributed by atoms with Crippen molar-refractivity contribution in [3.05, 3.63) is 86.8 Å². The van der Waals surface area contributed by atoms with Gasteiger partial charge in [0.05, 0.1) is 5.22 Å². The summed E-state index contributed by atoms with van der Waals surface area (Å²) < 4.78 is 12.0. The Morgan fingerprint density at radius 3 is 2.80 bits per heavy atom. The first kappa shape index (κ1) is 10.2. The molecule has 94 valence electrons. The quantitative estimate of drug-likeness (QED) is 0.570. The van der Waals surface area contributed by atoms with Crippen LogP contribution in [0, 0.1) is 0 Å². The van der Waals surface area contributed by atoms with Gasteiger partial charge in [-0.2, -0.15) is 0 Å². The van der Waals surface area contributed by atoms with Gasteiger partial charge in [-0.3, -0.25) is 0 Å². The third-order valence-electron chi connectivity index (χ3n) is 4.01. The lowest BCUT2D eigenvalue weighted by Gasteiger charge is -2.03. The molecule has 0 saturated carbocycles. The van der Waals surface area contributed by atoms with E-state index in [-0.39, 0.29) is 0 Å². The molecule has 0 unspecified atom stereocenters. The Kier molecular flexibility index (Phi) is 1.78. The van der Waals surface area contributed by atoms with Gasteiger partial charge in [0.25, 0.3) is 0 Å². The first-order valence-electron chi connectivity index (χ1n) is 6.77. The van der Waals surface area contributed by atoms with E-state index in [2.05, 4.69) is 30.3 Å². The number of hydrogen-bond acceptors (Lipinski definition) is 1. The molecule has 2 heteroatoms. The predicted molar refractivity (Wildman–Crippen MR) is 78.4 cm³/mol. The number of benzene rings is 2. The zero-order valence-corrected chi connectivity index (χ0v) is 10.7. The summed E-state index contributed by atoms with van der Waals surface area (Å²) in [5, 5.41) is 2.33. The largest absolute Gasteiger partial charge is 0.460 e. The molecule has 5 rings (SSSR count). The van der Waals surface area contributed by atoms with Gasteiger partial charge in [0, 0.05) is 29.5 Å². The van der Waals surface area contributed by atoms with E-state index in [1.165, 1.54) is 16.5 Å². The molecule has 3 aromatic rings. The molecule has 0 bridgehead atoms. The zero-order chi connectivity index (χ0) is 13.1. The SMILES string of the molecule is C1=C2[O+]=c3ccccc3=C2c2c(oc3ccccc23)C1. The number of allylic oxidation sites excluding steroid dienone is 2. The number of rotatable bonds is 0. The van der Waals surface area contributed by atoms with Crippen LogP contribution in [0.15, 0.2) is 69.2 Å². The van der Waals surface area contributed by atoms with Crippen LogP contribution in [0.5, 0.6) is 0 Å². The van der Waals surface area contributed by atoms with Crippen LogP contribution in [0.3, 0.4) is 0 Å². The van der Waals surface area contributed by atoms with Crippen molar-refractivity contribution in [3.8, 4) is 0 Å². The van der Waals surface area contributed by atoms with E-state index in [0.29, 0.717) is 0 Å². The second-order valence-corrected chi connectivity index (χ2v) is 5.14. The second kappa shape index (κ2) is 3.48. The van der Waals surface area contributed by atoms with Crippen molar-refractivity contribution in [2.24, 2.45) is 0 Å². The van der Waals surface area contributed by atoms with Gasteiger partial charge >= 0.3 is 11.2 Å². The molecule has 2 aromatic carbocycles. The molecule has 0 N–H and O–H groups in total. The van der Waals surface area contributed by atoms with Crippen LogP contribution in [0.2, 0.25) is 0 Å². The van der Waals surface area contributed by atoms with E-state index < -0.39 is 0 Å². The van der Waals surface area contributed by atoms with Gasteiger partial charge in [0.2, 0.25) is 0 Å². The summed E-state index contributed by atoms with van der Waals surface area (Å²) in [6.07, 6.45) is 2.90. The van der Waals surface area contributed by atoms with Crippen molar-refractivity contribution in [2.45, 2.75) is 6.42 Å². The minimum absolute atomic E-state index is 0.789. The fourth-order valence-electron chi connectivity index (χ4n) is 3.17. The van der Waals surface area contributed by atoms with Crippen molar-refractivity contribution < 1.29 is 4.42 Å². The van der Waals surface area contributed by atoms with Crippen LogP contribution in [0.4, 0.5) is 0 Å². The molecular weight excluding hydrogens is 248 g/mol. The highest BCUT2D eigenvalue weighted by Crippen LogP contribution is 2.38. The molecule has 1 aliphatic carbocycles. The molecule has 2 aliphatic rings. The van der Waals surface area contributed by atoms with E-state index in [1.807, 2.05) is 24.3 Å². The van der Waals surface area contributed by atoms with Crippen LogP contribution in [-0.2, 0) is 6.42 Å². The second-order valence-electron chi connectivity index (χ2n) is 5.14. The van der Waals surface area contributed by atoms with Gasteiger partial charge < -0.3 is 4.42 Å². The molecule has 2 heterocycles. The molecule has 1 aliphatic heterocycles. The monoisotopic (exact) mass is 259 g/mol. The average Bonchev–Trinajstić information content (AvgIpc) is 3.04. The van der Waals surface area contributed by atoms with Gasteiger partial charge in [-0.15, -0.1) is 0 Å². The normalized spacial score (nSPS) is 15.4. The molecule has 2 nitrogen and oxygen atoms in total. The minimum atomic E-state index is 0.789. The Morgan fingerprint density at radius 1 is 0.950 bits per heavy atom. The van der Waals surface area contributed by atoms with E-state index in [4.69, 9.17) is 8.84 Å². The van der Waals surface area contributed by atoms with Crippen LogP contribution in [0.25, 0.3) is 16.5 Å². The molecule has 0 fully saturated rings. The summed E-state index contributed by atoms with van der Waals surface area (Å²) in [6, 6.07) is 16.4. The van der Waals surface area contributed by atoms with Crippen molar-refractivity contribution in [1.29, 1.82) is 0 Å². The topological polar surface area (TPSA) is 24.4 Å². The van der Waals surface area contributed by atoms with Gasteiger partial charge in [-0.05, 0) is 12.1 Å². The number of para-hydroxylation sites is 2. The first-order chi connectivity index (χ1) is 9.92. The molecule has 20 heavy (non-hydrogen) atoms. The molecular formula is C18H11O2+. The van der Waals surface area contributed by atoms with Crippen molar-refractivity contribution in [1.82, 2.24) is 0 Å². The Hall–Kier alpha value is -2.61. The molecule has 0 amide bonds. The summed E-state index contributed by atoms with van der Waals surface area (Å²) in [5.41, 5.74) is 4.26. The van der Waals surface area contributed by atoms with Gasteiger partial charge in [-0.25, -0.2) is 4.42 Å². The summed E-state index contributed by atoms with van der Waals surface area (Å²) >= 11 is 0. The first-order valence-corrected chi connectivity index (χ1v) is 6.77. The summed E-state index contributed by atoms with van der Waals surface area (Å²) in [4.78, 5) is 0. The summed E-state index contributed by atoms with van der Waals surface area (Å²) in [5.74, 6) is 2.00. The highest BCUT2D eigenvalue weighted by Gasteiger charge is 2.34. The predicted octanol–water partition coefficient (Wildman–Crippen LogP) is 2.70. The smallest absolute Gasteiger partial charge is 0.361 e. The maximum absolute atomic E-state index is 5.99. The Labute approximate surface area is 115 Å². The van der Waals surface area contributed by atoms with Crippen molar-refractivity contribution >= 4 is 16.5 Å². The molecule has 0 radical (unpaired) electrons. The summed E-state index contributed by atoms with van der Waals surface area (Å²) in [7, 11) is 0. The fourth-order valence-corrected chi connectivity index (χ4v) is 3.17. The summed E-state index contributed by atoms with van der Waals surface area (Å²) in [6.45, 7) is 0. The third-order valence-corrected chi connectivity index (χ3v) is 4.01. The average molecular weight is 259 g/mol. The van der Waals surface area contributed by atoms with Gasteiger partial charge in [0.15, 0.2) is 0 Å².